The van der Waals surface area contributed by atoms with E-state index in [0.29, 0.717) is 0 Å². The minimum atomic E-state index is 0.121. The van der Waals surface area contributed by atoms with E-state index < -0.39 is 0 Å². The lowest BCUT2D eigenvalue weighted by molar-refractivity contribution is 0.546. The molecule has 0 amide bonds. The molecule has 4 heteroatoms. The van der Waals surface area contributed by atoms with E-state index in [2.05, 4.69) is 55.7 Å². The zero-order valence-electron chi connectivity index (χ0n) is 11.9. The van der Waals surface area contributed by atoms with E-state index in [1.54, 1.807) is 0 Å². The van der Waals surface area contributed by atoms with Crippen LogP contribution in [0.15, 0.2) is 30.6 Å². The molecule has 102 valence electrons. The van der Waals surface area contributed by atoms with E-state index in [1.165, 1.54) is 22.3 Å². The van der Waals surface area contributed by atoms with Crippen molar-refractivity contribution in [2.45, 2.75) is 39.8 Å². The maximum Gasteiger partial charge on any atom is 0.0522 e. The van der Waals surface area contributed by atoms with Gasteiger partial charge in [0, 0.05) is 12.7 Å². The van der Waals surface area contributed by atoms with E-state index in [1.807, 2.05) is 10.9 Å². The van der Waals surface area contributed by atoms with Crippen LogP contribution in [0.1, 0.15) is 35.2 Å². The third-order valence-corrected chi connectivity index (χ3v) is 3.54. The van der Waals surface area contributed by atoms with Gasteiger partial charge < -0.3 is 0 Å². The van der Waals surface area contributed by atoms with Crippen LogP contribution in [0.2, 0.25) is 0 Å². The predicted octanol–water partition coefficient (Wildman–Crippen LogP) is 2.27. The van der Waals surface area contributed by atoms with Crippen molar-refractivity contribution in [3.8, 4) is 0 Å². The second-order valence-electron chi connectivity index (χ2n) is 4.93. The smallest absolute Gasteiger partial charge is 0.0522 e. The van der Waals surface area contributed by atoms with Gasteiger partial charge >= 0.3 is 0 Å². The van der Waals surface area contributed by atoms with Crippen LogP contribution in [0.4, 0.5) is 0 Å². The van der Waals surface area contributed by atoms with Crippen LogP contribution in [0.25, 0.3) is 0 Å². The SMILES string of the molecule is CCn1cc(CC(NN)c2c(C)cccc2C)cn1. The summed E-state index contributed by atoms with van der Waals surface area (Å²) in [6.45, 7) is 7.23. The predicted molar refractivity (Wildman–Crippen MR) is 77.6 cm³/mol. The Morgan fingerprint density at radius 3 is 2.53 bits per heavy atom. The molecule has 1 aromatic carbocycles. The highest BCUT2D eigenvalue weighted by atomic mass is 15.3. The molecule has 3 N–H and O–H groups in total. The molecule has 0 spiro atoms. The first-order valence-corrected chi connectivity index (χ1v) is 6.69. The van der Waals surface area contributed by atoms with Crippen molar-refractivity contribution in [1.29, 1.82) is 0 Å². The lowest BCUT2D eigenvalue weighted by Gasteiger charge is -2.20. The van der Waals surface area contributed by atoms with Gasteiger partial charge in [0.1, 0.15) is 0 Å². The Balaban J connectivity index is 2.25. The molecular weight excluding hydrogens is 236 g/mol. The molecule has 0 saturated heterocycles. The number of aryl methyl sites for hydroxylation is 3. The molecule has 1 heterocycles. The first-order valence-electron chi connectivity index (χ1n) is 6.69. The van der Waals surface area contributed by atoms with Crippen LogP contribution in [-0.2, 0) is 13.0 Å². The molecule has 1 atom stereocenters. The summed E-state index contributed by atoms with van der Waals surface area (Å²) >= 11 is 0. The molecule has 0 radical (unpaired) electrons. The number of hydrogen-bond donors (Lipinski definition) is 2. The molecule has 2 aromatic rings. The van der Waals surface area contributed by atoms with Crippen LogP contribution in [-0.4, -0.2) is 9.78 Å². The second kappa shape index (κ2) is 5.99. The van der Waals surface area contributed by atoms with Gasteiger partial charge in [0.15, 0.2) is 0 Å². The lowest BCUT2D eigenvalue weighted by Crippen LogP contribution is -2.30. The van der Waals surface area contributed by atoms with Crippen molar-refractivity contribution in [2.75, 3.05) is 0 Å². The largest absolute Gasteiger partial charge is 0.273 e. The summed E-state index contributed by atoms with van der Waals surface area (Å²) in [5.74, 6) is 5.75. The number of hydrazine groups is 1. The standard InChI is InChI=1S/C15H22N4/c1-4-19-10-13(9-17-19)8-14(18-16)15-11(2)6-5-7-12(15)3/h5-7,9-10,14,18H,4,8,16H2,1-3H3. The molecule has 19 heavy (non-hydrogen) atoms. The topological polar surface area (TPSA) is 55.9 Å². The molecule has 0 aliphatic heterocycles. The van der Waals surface area contributed by atoms with E-state index in [-0.39, 0.29) is 6.04 Å². The fraction of sp³-hybridized carbons (Fsp3) is 0.400. The molecule has 0 fully saturated rings. The molecule has 0 aliphatic rings. The van der Waals surface area contributed by atoms with Crippen molar-refractivity contribution in [2.24, 2.45) is 5.84 Å². The normalized spacial score (nSPS) is 12.6. The monoisotopic (exact) mass is 258 g/mol. The quantitative estimate of drug-likeness (QED) is 0.639. The maximum atomic E-state index is 5.75. The Hall–Kier alpha value is -1.65. The molecule has 1 aromatic heterocycles. The van der Waals surface area contributed by atoms with Gasteiger partial charge in [-0.05, 0) is 49.4 Å². The first kappa shape index (κ1) is 13.8. The van der Waals surface area contributed by atoms with Crippen LogP contribution >= 0.6 is 0 Å². The van der Waals surface area contributed by atoms with Crippen LogP contribution in [0, 0.1) is 13.8 Å². The summed E-state index contributed by atoms with van der Waals surface area (Å²) in [6.07, 6.45) is 4.85. The van der Waals surface area contributed by atoms with Gasteiger partial charge in [-0.2, -0.15) is 5.10 Å². The van der Waals surface area contributed by atoms with Crippen molar-refractivity contribution >= 4 is 0 Å². The highest BCUT2D eigenvalue weighted by molar-refractivity contribution is 5.37. The van der Waals surface area contributed by atoms with Crippen LogP contribution in [0.3, 0.4) is 0 Å². The molecular formula is C15H22N4. The Morgan fingerprint density at radius 2 is 2.00 bits per heavy atom. The number of nitrogens with one attached hydrogen (secondary N) is 1. The summed E-state index contributed by atoms with van der Waals surface area (Å²) in [5, 5.41) is 4.31. The minimum Gasteiger partial charge on any atom is -0.273 e. The van der Waals surface area contributed by atoms with Gasteiger partial charge in [0.2, 0.25) is 0 Å². The van der Waals surface area contributed by atoms with Crippen molar-refractivity contribution in [3.05, 3.63) is 52.8 Å². The lowest BCUT2D eigenvalue weighted by atomic mass is 9.93. The summed E-state index contributed by atoms with van der Waals surface area (Å²) in [6, 6.07) is 6.46. The maximum absolute atomic E-state index is 5.75. The number of nitrogens with two attached hydrogens (primary N) is 1. The van der Waals surface area contributed by atoms with E-state index >= 15 is 0 Å². The highest BCUT2D eigenvalue weighted by Gasteiger charge is 2.16. The van der Waals surface area contributed by atoms with Gasteiger partial charge in [-0.25, -0.2) is 0 Å². The Labute approximate surface area is 114 Å². The van der Waals surface area contributed by atoms with E-state index in [0.717, 1.165) is 13.0 Å². The zero-order valence-corrected chi connectivity index (χ0v) is 11.9. The number of nitrogens with zero attached hydrogens (tertiary/aromatic N) is 2. The fourth-order valence-electron chi connectivity index (χ4n) is 2.54. The molecule has 1 unspecified atom stereocenters. The molecule has 0 bridgehead atoms. The van der Waals surface area contributed by atoms with Crippen molar-refractivity contribution in [3.63, 3.8) is 0 Å². The second-order valence-corrected chi connectivity index (χ2v) is 4.93. The molecule has 4 nitrogen and oxygen atoms in total. The molecule has 0 aliphatic carbocycles. The van der Waals surface area contributed by atoms with Gasteiger partial charge in [-0.15, -0.1) is 0 Å². The number of rotatable bonds is 5. The number of hydrogen-bond acceptors (Lipinski definition) is 3. The summed E-state index contributed by atoms with van der Waals surface area (Å²) in [7, 11) is 0. The average molecular weight is 258 g/mol. The van der Waals surface area contributed by atoms with Gasteiger partial charge in [0.05, 0.1) is 12.2 Å². The number of benzene rings is 1. The molecule has 2 rings (SSSR count). The Bertz CT molecular complexity index is 525. The average Bonchev–Trinajstić information content (AvgIpc) is 2.85. The summed E-state index contributed by atoms with van der Waals surface area (Å²) in [5.41, 5.74) is 7.96. The van der Waals surface area contributed by atoms with E-state index in [9.17, 15) is 0 Å². The Morgan fingerprint density at radius 1 is 1.32 bits per heavy atom. The summed E-state index contributed by atoms with van der Waals surface area (Å²) < 4.78 is 1.94. The summed E-state index contributed by atoms with van der Waals surface area (Å²) in [4.78, 5) is 0. The molecule has 0 saturated carbocycles. The van der Waals surface area contributed by atoms with Crippen LogP contribution in [0.5, 0.6) is 0 Å². The fourth-order valence-corrected chi connectivity index (χ4v) is 2.54. The van der Waals surface area contributed by atoms with Crippen molar-refractivity contribution in [1.82, 2.24) is 15.2 Å². The van der Waals surface area contributed by atoms with Crippen LogP contribution < -0.4 is 11.3 Å². The van der Waals surface area contributed by atoms with Crippen molar-refractivity contribution < 1.29 is 0 Å². The van der Waals surface area contributed by atoms with Gasteiger partial charge in [0.25, 0.3) is 0 Å². The van der Waals surface area contributed by atoms with E-state index in [4.69, 9.17) is 5.84 Å². The highest BCUT2D eigenvalue weighted by Crippen LogP contribution is 2.24. The first-order chi connectivity index (χ1) is 9.15. The minimum absolute atomic E-state index is 0.121. The third-order valence-electron chi connectivity index (χ3n) is 3.54. The number of aromatic nitrogens is 2. The third kappa shape index (κ3) is 3.03. The van der Waals surface area contributed by atoms with Gasteiger partial charge in [-0.1, -0.05) is 18.2 Å². The Kier molecular flexibility index (Phi) is 4.35. The van der Waals surface area contributed by atoms with Gasteiger partial charge in [-0.3, -0.25) is 16.0 Å². The zero-order chi connectivity index (χ0) is 13.8.